The van der Waals surface area contributed by atoms with Crippen molar-refractivity contribution in [3.05, 3.63) is 54.1 Å². The van der Waals surface area contributed by atoms with Gasteiger partial charge in [-0.3, -0.25) is 9.79 Å². The molecule has 1 N–H and O–H groups in total. The molecule has 4 saturated carbocycles. The van der Waals surface area contributed by atoms with Crippen LogP contribution in [0.2, 0.25) is 0 Å². The first kappa shape index (κ1) is 20.4. The van der Waals surface area contributed by atoms with E-state index < -0.39 is 5.60 Å². The molecule has 0 amide bonds. The lowest BCUT2D eigenvalue weighted by Crippen LogP contribution is -2.58. The molecule has 31 heavy (non-hydrogen) atoms. The minimum Gasteiger partial charge on any atom is -0.427 e. The van der Waals surface area contributed by atoms with E-state index in [1.54, 1.807) is 0 Å². The zero-order valence-corrected chi connectivity index (χ0v) is 18.4. The summed E-state index contributed by atoms with van der Waals surface area (Å²) < 4.78 is 5.10. The zero-order valence-electron chi connectivity index (χ0n) is 18.4. The van der Waals surface area contributed by atoms with Gasteiger partial charge in [0.25, 0.3) is 0 Å². The molecule has 6 rings (SSSR count). The molecule has 4 bridgehead atoms. The van der Waals surface area contributed by atoms with Crippen LogP contribution in [0.4, 0.5) is 0 Å². The van der Waals surface area contributed by atoms with Gasteiger partial charge in [-0.05, 0) is 91.5 Å². The zero-order chi connectivity index (χ0) is 21.6. The second kappa shape index (κ2) is 7.59. The summed E-state index contributed by atoms with van der Waals surface area (Å²) in [4.78, 5) is 16.0. The Morgan fingerprint density at radius 1 is 1.03 bits per heavy atom. The van der Waals surface area contributed by atoms with Gasteiger partial charge in [-0.15, -0.1) is 0 Å². The lowest BCUT2D eigenvalue weighted by Gasteiger charge is -2.61. The first-order valence-electron chi connectivity index (χ1n) is 11.5. The van der Waals surface area contributed by atoms with Gasteiger partial charge in [0.2, 0.25) is 0 Å². The van der Waals surface area contributed by atoms with Crippen LogP contribution in [-0.2, 0) is 4.79 Å². The van der Waals surface area contributed by atoms with E-state index in [0.717, 1.165) is 36.0 Å². The molecule has 3 atom stereocenters. The predicted molar refractivity (Wildman–Crippen MR) is 122 cm³/mol. The third-order valence-electron chi connectivity index (χ3n) is 7.77. The Bertz CT molecular complexity index is 978. The van der Waals surface area contributed by atoms with Crippen LogP contribution < -0.4 is 4.74 Å². The van der Waals surface area contributed by atoms with Gasteiger partial charge in [-0.2, -0.15) is 0 Å². The summed E-state index contributed by atoms with van der Waals surface area (Å²) in [7, 11) is 0. The summed E-state index contributed by atoms with van der Waals surface area (Å²) in [5.41, 5.74) is 3.03. The van der Waals surface area contributed by atoms with Gasteiger partial charge in [0, 0.05) is 13.1 Å². The first-order valence-corrected chi connectivity index (χ1v) is 11.5. The van der Waals surface area contributed by atoms with Gasteiger partial charge < -0.3 is 9.84 Å². The van der Waals surface area contributed by atoms with Crippen LogP contribution in [0.15, 0.2) is 53.5 Å². The van der Waals surface area contributed by atoms with Crippen LogP contribution in [0.25, 0.3) is 11.1 Å². The molecule has 2 aromatic carbocycles. The summed E-state index contributed by atoms with van der Waals surface area (Å²) in [6, 6.07) is 16.2. The molecule has 4 nitrogen and oxygen atoms in total. The molecule has 0 radical (unpaired) electrons. The molecule has 0 saturated heterocycles. The normalized spacial score (nSPS) is 32.4. The number of aliphatic imine (C=N–C) groups is 1. The van der Waals surface area contributed by atoms with Crippen LogP contribution in [0.3, 0.4) is 0 Å². The van der Waals surface area contributed by atoms with Crippen LogP contribution in [0, 0.1) is 17.3 Å². The maximum atomic E-state index is 11.1. The van der Waals surface area contributed by atoms with Crippen molar-refractivity contribution >= 4 is 12.2 Å². The van der Waals surface area contributed by atoms with E-state index in [0.29, 0.717) is 17.6 Å². The number of hydrogen-bond acceptors (Lipinski definition) is 4. The van der Waals surface area contributed by atoms with E-state index in [4.69, 9.17) is 9.73 Å². The number of nitrogens with zero attached hydrogens (tertiary/aromatic N) is 1. The number of aliphatic hydroxyl groups is 1. The van der Waals surface area contributed by atoms with Crippen LogP contribution >= 0.6 is 0 Å². The Morgan fingerprint density at radius 2 is 1.61 bits per heavy atom. The number of ether oxygens (including phenoxy) is 1. The van der Waals surface area contributed by atoms with E-state index in [2.05, 4.69) is 31.2 Å². The molecule has 0 heterocycles. The van der Waals surface area contributed by atoms with Gasteiger partial charge in [-0.1, -0.05) is 36.4 Å². The number of rotatable bonds is 5. The number of carbonyl (C=O) groups is 1. The van der Waals surface area contributed by atoms with Gasteiger partial charge >= 0.3 is 5.97 Å². The lowest BCUT2D eigenvalue weighted by atomic mass is 9.46. The predicted octanol–water partition coefficient (Wildman–Crippen LogP) is 5.42. The second-order valence-electron chi connectivity index (χ2n) is 10.2. The average molecular weight is 418 g/mol. The van der Waals surface area contributed by atoms with Crippen molar-refractivity contribution in [3.63, 3.8) is 0 Å². The topological polar surface area (TPSA) is 58.9 Å². The molecular formula is C27H31NO3. The van der Waals surface area contributed by atoms with Crippen LogP contribution in [0.5, 0.6) is 5.75 Å². The third kappa shape index (κ3) is 4.06. The first-order chi connectivity index (χ1) is 14.8. The summed E-state index contributed by atoms with van der Waals surface area (Å²) in [5.74, 6) is 1.63. The smallest absolute Gasteiger partial charge is 0.308 e. The van der Waals surface area contributed by atoms with Crippen LogP contribution in [-0.4, -0.2) is 28.9 Å². The second-order valence-corrected chi connectivity index (χ2v) is 10.2. The highest BCUT2D eigenvalue weighted by Crippen LogP contribution is 2.63. The highest BCUT2D eigenvalue weighted by molar-refractivity contribution is 5.81. The van der Waals surface area contributed by atoms with Gasteiger partial charge in [0.1, 0.15) is 5.75 Å². The number of hydrogen-bond donors (Lipinski definition) is 1. The largest absolute Gasteiger partial charge is 0.427 e. The standard InChI is InChI=1S/C27H31NO3/c1-18(26-12-21-11-22(13-26)15-27(30,14-21)17-26)28-16-20-3-5-23(6-4-20)24-7-9-25(10-8-24)31-19(2)29/h3-10,16,18,21-22,30H,11-15,17H2,1-2H3. The quantitative estimate of drug-likeness (QED) is 0.402. The lowest BCUT2D eigenvalue weighted by molar-refractivity contribution is -0.168. The van der Waals surface area contributed by atoms with Gasteiger partial charge in [-0.25, -0.2) is 0 Å². The summed E-state index contributed by atoms with van der Waals surface area (Å²) in [5, 5.41) is 11.0. The van der Waals surface area contributed by atoms with Crippen molar-refractivity contribution in [3.8, 4) is 16.9 Å². The third-order valence-corrected chi connectivity index (χ3v) is 7.77. The van der Waals surface area contributed by atoms with E-state index in [1.807, 2.05) is 30.5 Å². The Balaban J connectivity index is 1.27. The molecule has 0 aromatic heterocycles. The molecule has 0 spiro atoms. The van der Waals surface area contributed by atoms with E-state index in [9.17, 15) is 9.90 Å². The molecule has 3 unspecified atom stereocenters. The average Bonchev–Trinajstić information content (AvgIpc) is 2.71. The maximum absolute atomic E-state index is 11.1. The minimum atomic E-state index is -0.430. The molecular weight excluding hydrogens is 386 g/mol. The van der Waals surface area contributed by atoms with Crippen molar-refractivity contribution in [2.45, 2.75) is 64.0 Å². The Morgan fingerprint density at radius 3 is 2.16 bits per heavy atom. The van der Waals surface area contributed by atoms with Gasteiger partial charge in [0.15, 0.2) is 0 Å². The fraction of sp³-hybridized carbons (Fsp3) is 0.481. The van der Waals surface area contributed by atoms with Crippen molar-refractivity contribution < 1.29 is 14.6 Å². The number of benzene rings is 2. The van der Waals surface area contributed by atoms with Crippen molar-refractivity contribution in [2.24, 2.45) is 22.2 Å². The van der Waals surface area contributed by atoms with Crippen LogP contribution in [0.1, 0.15) is 57.9 Å². The van der Waals surface area contributed by atoms with Crippen molar-refractivity contribution in [1.82, 2.24) is 0 Å². The highest BCUT2D eigenvalue weighted by atomic mass is 16.5. The molecule has 4 heteroatoms. The van der Waals surface area contributed by atoms with E-state index in [1.165, 1.54) is 26.2 Å². The van der Waals surface area contributed by atoms with Gasteiger partial charge in [0.05, 0.1) is 11.6 Å². The fourth-order valence-corrected chi connectivity index (χ4v) is 6.77. The molecule has 4 aliphatic carbocycles. The molecule has 162 valence electrons. The Labute approximate surface area is 184 Å². The number of carbonyl (C=O) groups excluding carboxylic acids is 1. The van der Waals surface area contributed by atoms with Crippen molar-refractivity contribution in [2.75, 3.05) is 0 Å². The van der Waals surface area contributed by atoms with E-state index >= 15 is 0 Å². The summed E-state index contributed by atoms with van der Waals surface area (Å²) >= 11 is 0. The fourth-order valence-electron chi connectivity index (χ4n) is 6.77. The summed E-state index contributed by atoms with van der Waals surface area (Å²) in [6.07, 6.45) is 8.70. The SMILES string of the molecule is CC(=O)Oc1ccc(-c2ccc(C=NC(C)C34CC5CC(CC(O)(C5)C3)C4)cc2)cc1. The molecule has 4 aliphatic rings. The molecule has 4 fully saturated rings. The van der Waals surface area contributed by atoms with E-state index in [-0.39, 0.29) is 17.4 Å². The maximum Gasteiger partial charge on any atom is 0.308 e. The Hall–Kier alpha value is -2.46. The molecule has 0 aliphatic heterocycles. The highest BCUT2D eigenvalue weighted by Gasteiger charge is 2.58. The van der Waals surface area contributed by atoms with Crippen molar-refractivity contribution in [1.29, 1.82) is 0 Å². The monoisotopic (exact) mass is 417 g/mol. The molecule has 2 aromatic rings. The number of esters is 1. The Kier molecular flexibility index (Phi) is 5.01. The summed E-state index contributed by atoms with van der Waals surface area (Å²) in [6.45, 7) is 3.64. The minimum absolute atomic E-state index is 0.180.